The van der Waals surface area contributed by atoms with Crippen molar-refractivity contribution in [2.75, 3.05) is 0 Å². The monoisotopic (exact) mass is 775 g/mol. The average Bonchev–Trinajstić information content (AvgIpc) is 3.06. The van der Waals surface area contributed by atoms with Gasteiger partial charge in [-0.1, -0.05) is 217 Å². The van der Waals surface area contributed by atoms with Crippen LogP contribution in [0.15, 0.2) is 34.1 Å². The number of hydrogen-bond acceptors (Lipinski definition) is 1. The zero-order chi connectivity index (χ0) is 41.2. The van der Waals surface area contributed by atoms with E-state index in [1.54, 1.807) is 27.1 Å². The summed E-state index contributed by atoms with van der Waals surface area (Å²) in [6, 6.07) is 10.2. The molecule has 0 heterocycles. The molecule has 0 aliphatic heterocycles. The van der Waals surface area contributed by atoms with Crippen LogP contribution in [0.3, 0.4) is 0 Å². The Labute approximate surface area is 350 Å². The predicted octanol–water partition coefficient (Wildman–Crippen LogP) is 18.6. The highest BCUT2D eigenvalue weighted by atomic mass is 32.2. The third-order valence-electron chi connectivity index (χ3n) is 12.1. The molecule has 0 spiro atoms. The number of aryl methyl sites for hydroxylation is 2. The minimum absolute atomic E-state index is 0.110. The lowest BCUT2D eigenvalue weighted by Crippen LogP contribution is -2.19. The molecule has 0 nitrogen and oxygen atoms in total. The van der Waals surface area contributed by atoms with Crippen LogP contribution in [0.25, 0.3) is 0 Å². The fourth-order valence-corrected chi connectivity index (χ4v) is 9.87. The molecule has 0 saturated carbocycles. The van der Waals surface area contributed by atoms with Gasteiger partial charge >= 0.3 is 0 Å². The molecule has 0 aromatic heterocycles. The molecule has 0 atom stereocenters. The van der Waals surface area contributed by atoms with Gasteiger partial charge in [0, 0.05) is 9.79 Å². The van der Waals surface area contributed by atoms with E-state index in [2.05, 4.69) is 140 Å². The summed E-state index contributed by atoms with van der Waals surface area (Å²) in [7, 11) is 0. The van der Waals surface area contributed by atoms with Gasteiger partial charge in [0.05, 0.1) is 0 Å². The van der Waals surface area contributed by atoms with E-state index in [0.29, 0.717) is 5.92 Å². The summed E-state index contributed by atoms with van der Waals surface area (Å²) >= 11 is 2.18. The van der Waals surface area contributed by atoms with Gasteiger partial charge in [-0.15, -0.1) is 0 Å². The van der Waals surface area contributed by atoms with Crippen molar-refractivity contribution in [3.63, 3.8) is 0 Å². The molecule has 2 aromatic carbocycles. The molecule has 1 heteroatoms. The maximum Gasteiger partial charge on any atom is 0.0195 e. The second-order valence-electron chi connectivity index (χ2n) is 21.6. The SMILES string of the molecule is Cc1ccc(C(C)(C)C)cc1Sc1c(CCCCCC(C)C)c(C(C)(C)C)cc(CCCCCC(C)C)c1C(CCCCCC(C)C)CCCCCC(C)C. The van der Waals surface area contributed by atoms with Crippen LogP contribution in [0.4, 0.5) is 0 Å². The molecule has 2 aromatic rings. The summed E-state index contributed by atoms with van der Waals surface area (Å²) in [5, 5.41) is 0. The Hall–Kier alpha value is -1.21. The second-order valence-corrected chi connectivity index (χ2v) is 22.7. The van der Waals surface area contributed by atoms with Crippen molar-refractivity contribution in [2.45, 2.75) is 259 Å². The van der Waals surface area contributed by atoms with Crippen LogP contribution in [0.5, 0.6) is 0 Å². The van der Waals surface area contributed by atoms with E-state index in [0.717, 1.165) is 23.7 Å². The molecule has 2 rings (SSSR count). The molecule has 0 unspecified atom stereocenters. The summed E-state index contributed by atoms with van der Waals surface area (Å²) in [6.07, 6.45) is 26.9. The first-order chi connectivity index (χ1) is 25.8. The topological polar surface area (TPSA) is 0 Å². The highest BCUT2D eigenvalue weighted by Crippen LogP contribution is 2.48. The van der Waals surface area contributed by atoms with Crippen molar-refractivity contribution >= 4 is 11.8 Å². The highest BCUT2D eigenvalue weighted by molar-refractivity contribution is 7.99. The van der Waals surface area contributed by atoms with Gasteiger partial charge in [-0.25, -0.2) is 0 Å². The van der Waals surface area contributed by atoms with Crippen LogP contribution in [-0.4, -0.2) is 0 Å². The van der Waals surface area contributed by atoms with Gasteiger partial charge in [0.15, 0.2) is 0 Å². The van der Waals surface area contributed by atoms with Gasteiger partial charge in [-0.3, -0.25) is 0 Å². The zero-order valence-corrected chi connectivity index (χ0v) is 40.6. The zero-order valence-electron chi connectivity index (χ0n) is 39.7. The lowest BCUT2D eigenvalue weighted by Gasteiger charge is -2.32. The Kier molecular flexibility index (Phi) is 23.0. The number of benzene rings is 2. The van der Waals surface area contributed by atoms with Crippen molar-refractivity contribution in [3.8, 4) is 0 Å². The van der Waals surface area contributed by atoms with Crippen LogP contribution in [0.1, 0.15) is 252 Å². The normalized spacial score (nSPS) is 12.8. The van der Waals surface area contributed by atoms with Gasteiger partial charge in [0.2, 0.25) is 0 Å². The van der Waals surface area contributed by atoms with Gasteiger partial charge in [0.1, 0.15) is 0 Å². The van der Waals surface area contributed by atoms with Crippen molar-refractivity contribution in [3.05, 3.63) is 57.6 Å². The lowest BCUT2D eigenvalue weighted by atomic mass is 9.76. The van der Waals surface area contributed by atoms with E-state index in [9.17, 15) is 0 Å². The second kappa shape index (κ2) is 25.3. The van der Waals surface area contributed by atoms with Gasteiger partial charge in [-0.2, -0.15) is 0 Å². The van der Waals surface area contributed by atoms with Gasteiger partial charge in [0.25, 0.3) is 0 Å². The Morgan fingerprint density at radius 1 is 0.491 bits per heavy atom. The first-order valence-corrected chi connectivity index (χ1v) is 24.6. The van der Waals surface area contributed by atoms with E-state index in [4.69, 9.17) is 0 Å². The molecule has 55 heavy (non-hydrogen) atoms. The molecule has 0 fully saturated rings. The van der Waals surface area contributed by atoms with Crippen molar-refractivity contribution in [1.82, 2.24) is 0 Å². The minimum atomic E-state index is 0.110. The van der Waals surface area contributed by atoms with E-state index in [1.165, 1.54) is 144 Å². The first kappa shape index (κ1) is 49.9. The van der Waals surface area contributed by atoms with E-state index < -0.39 is 0 Å². The molecule has 0 aliphatic rings. The van der Waals surface area contributed by atoms with Gasteiger partial charge < -0.3 is 0 Å². The van der Waals surface area contributed by atoms with Crippen LogP contribution < -0.4 is 0 Å². The van der Waals surface area contributed by atoms with E-state index in [-0.39, 0.29) is 10.8 Å². The molecule has 0 radical (unpaired) electrons. The summed E-state index contributed by atoms with van der Waals surface area (Å²) in [4.78, 5) is 3.16. The Bertz CT molecular complexity index is 1310. The summed E-state index contributed by atoms with van der Waals surface area (Å²) in [5.74, 6) is 3.85. The molecule has 0 aliphatic carbocycles. The van der Waals surface area contributed by atoms with E-state index >= 15 is 0 Å². The smallest absolute Gasteiger partial charge is 0.0195 e. The fourth-order valence-electron chi connectivity index (χ4n) is 8.49. The third kappa shape index (κ3) is 19.4. The van der Waals surface area contributed by atoms with Crippen LogP contribution >= 0.6 is 11.8 Å². The average molecular weight is 775 g/mol. The van der Waals surface area contributed by atoms with Crippen LogP contribution in [-0.2, 0) is 23.7 Å². The van der Waals surface area contributed by atoms with Crippen LogP contribution in [0, 0.1) is 30.6 Å². The molecular weight excluding hydrogens is 681 g/mol. The standard InChI is InChI=1S/C54H94S/c1-40(2)28-20-16-24-32-45(33-25-17-21-29-41(3)4)51-46(34-26-18-22-30-42(5)6)38-49(54(13,14)15)48(35-27-19-23-31-43(7)8)52(51)55-50-39-47(53(10,11)12)37-36-44(50)9/h36-43,45H,16-35H2,1-15H3. The Balaban J connectivity index is 2.87. The molecule has 316 valence electrons. The maximum atomic E-state index is 2.79. The number of unbranched alkanes of at least 4 members (excludes halogenated alkanes) is 8. The Morgan fingerprint density at radius 3 is 1.36 bits per heavy atom. The molecular formula is C54H94S. The van der Waals surface area contributed by atoms with Crippen molar-refractivity contribution in [2.24, 2.45) is 23.7 Å². The quantitative estimate of drug-likeness (QED) is 0.0815. The third-order valence-corrected chi connectivity index (χ3v) is 13.4. The predicted molar refractivity (Wildman–Crippen MR) is 252 cm³/mol. The molecule has 0 bridgehead atoms. The maximum absolute atomic E-state index is 2.79. The number of rotatable bonds is 27. The molecule has 0 amide bonds. The minimum Gasteiger partial charge on any atom is -0.0892 e. The first-order valence-electron chi connectivity index (χ1n) is 23.8. The van der Waals surface area contributed by atoms with E-state index in [1.807, 2.05) is 0 Å². The summed E-state index contributed by atoms with van der Waals surface area (Å²) in [5.41, 5.74) is 9.96. The summed E-state index contributed by atoms with van der Waals surface area (Å²) < 4.78 is 0. The van der Waals surface area contributed by atoms with Crippen molar-refractivity contribution < 1.29 is 0 Å². The van der Waals surface area contributed by atoms with Crippen LogP contribution in [0.2, 0.25) is 0 Å². The summed E-state index contributed by atoms with van der Waals surface area (Å²) in [6.45, 7) is 36.2. The van der Waals surface area contributed by atoms with Crippen molar-refractivity contribution in [1.29, 1.82) is 0 Å². The van der Waals surface area contributed by atoms with Gasteiger partial charge in [-0.05, 0) is 125 Å². The fraction of sp³-hybridized carbons (Fsp3) is 0.778. The molecule has 0 N–H and O–H groups in total. The largest absolute Gasteiger partial charge is 0.0892 e. The Morgan fingerprint density at radius 2 is 0.927 bits per heavy atom. The lowest BCUT2D eigenvalue weighted by molar-refractivity contribution is 0.457. The number of hydrogen-bond donors (Lipinski definition) is 0. The highest BCUT2D eigenvalue weighted by Gasteiger charge is 2.29. The molecule has 0 saturated heterocycles.